The first-order valence-corrected chi connectivity index (χ1v) is 6.67. The third-order valence-corrected chi connectivity index (χ3v) is 3.63. The molecule has 1 N–H and O–H groups in total. The fraction of sp³-hybridized carbons (Fsp3) is 0.571. The monoisotopic (exact) mass is 253 g/mol. The van der Waals surface area contributed by atoms with E-state index in [0.29, 0.717) is 12.5 Å². The summed E-state index contributed by atoms with van der Waals surface area (Å²) >= 11 is 6.16. The SMILES string of the molecule is Cc1ccc(COCC2CCNCC2)c(Cl)c1. The van der Waals surface area contributed by atoms with Crippen LogP contribution in [0.4, 0.5) is 0 Å². The zero-order valence-corrected chi connectivity index (χ0v) is 11.1. The molecular formula is C14H20ClNO. The number of aryl methyl sites for hydroxylation is 1. The normalized spacial score (nSPS) is 17.3. The molecule has 3 heteroatoms. The van der Waals surface area contributed by atoms with Gasteiger partial charge >= 0.3 is 0 Å². The summed E-state index contributed by atoms with van der Waals surface area (Å²) in [5.41, 5.74) is 2.28. The standard InChI is InChI=1S/C14H20ClNO/c1-11-2-3-13(14(15)8-11)10-17-9-12-4-6-16-7-5-12/h2-3,8,12,16H,4-7,9-10H2,1H3. The highest BCUT2D eigenvalue weighted by molar-refractivity contribution is 6.31. The van der Waals surface area contributed by atoms with Crippen molar-refractivity contribution < 1.29 is 4.74 Å². The molecule has 0 unspecified atom stereocenters. The van der Waals surface area contributed by atoms with Crippen LogP contribution in [-0.4, -0.2) is 19.7 Å². The van der Waals surface area contributed by atoms with Crippen LogP contribution < -0.4 is 5.32 Å². The zero-order chi connectivity index (χ0) is 12.1. The second kappa shape index (κ2) is 6.39. The van der Waals surface area contributed by atoms with Gasteiger partial charge in [-0.15, -0.1) is 0 Å². The Morgan fingerprint density at radius 2 is 2.12 bits per heavy atom. The van der Waals surface area contributed by atoms with Gasteiger partial charge in [0.15, 0.2) is 0 Å². The molecule has 94 valence electrons. The van der Waals surface area contributed by atoms with Gasteiger partial charge in [0.2, 0.25) is 0 Å². The molecule has 1 aromatic carbocycles. The van der Waals surface area contributed by atoms with Crippen molar-refractivity contribution in [1.82, 2.24) is 5.32 Å². The van der Waals surface area contributed by atoms with Crippen LogP contribution in [0.15, 0.2) is 18.2 Å². The Morgan fingerprint density at radius 3 is 2.82 bits per heavy atom. The summed E-state index contributed by atoms with van der Waals surface area (Å²) in [6, 6.07) is 6.12. The summed E-state index contributed by atoms with van der Waals surface area (Å²) in [5.74, 6) is 0.709. The summed E-state index contributed by atoms with van der Waals surface area (Å²) in [4.78, 5) is 0. The molecule has 17 heavy (non-hydrogen) atoms. The average molecular weight is 254 g/mol. The van der Waals surface area contributed by atoms with Gasteiger partial charge in [-0.25, -0.2) is 0 Å². The number of halogens is 1. The van der Waals surface area contributed by atoms with E-state index in [2.05, 4.69) is 17.4 Å². The number of hydrogen-bond acceptors (Lipinski definition) is 2. The van der Waals surface area contributed by atoms with Gasteiger partial charge in [0.05, 0.1) is 6.61 Å². The lowest BCUT2D eigenvalue weighted by Crippen LogP contribution is -2.29. The summed E-state index contributed by atoms with van der Waals surface area (Å²) in [7, 11) is 0. The van der Waals surface area contributed by atoms with Crippen molar-refractivity contribution >= 4 is 11.6 Å². The molecule has 1 heterocycles. The Bertz CT molecular complexity index is 361. The summed E-state index contributed by atoms with van der Waals surface area (Å²) in [6.07, 6.45) is 2.45. The fourth-order valence-corrected chi connectivity index (χ4v) is 2.44. The first-order valence-electron chi connectivity index (χ1n) is 6.29. The highest BCUT2D eigenvalue weighted by Gasteiger charge is 2.13. The lowest BCUT2D eigenvalue weighted by molar-refractivity contribution is 0.0764. The van der Waals surface area contributed by atoms with Gasteiger partial charge in [0.1, 0.15) is 0 Å². The molecule has 2 nitrogen and oxygen atoms in total. The fourth-order valence-electron chi connectivity index (χ4n) is 2.15. The highest BCUT2D eigenvalue weighted by atomic mass is 35.5. The lowest BCUT2D eigenvalue weighted by atomic mass is 9.99. The van der Waals surface area contributed by atoms with Crippen molar-refractivity contribution in [3.05, 3.63) is 34.3 Å². The smallest absolute Gasteiger partial charge is 0.0731 e. The Labute approximate surface area is 108 Å². The van der Waals surface area contributed by atoms with E-state index in [0.717, 1.165) is 30.3 Å². The van der Waals surface area contributed by atoms with E-state index in [9.17, 15) is 0 Å². The molecule has 0 bridgehead atoms. The molecular weight excluding hydrogens is 234 g/mol. The number of benzene rings is 1. The van der Waals surface area contributed by atoms with Crippen LogP contribution in [0.1, 0.15) is 24.0 Å². The van der Waals surface area contributed by atoms with E-state index in [-0.39, 0.29) is 0 Å². The first kappa shape index (κ1) is 12.9. The highest BCUT2D eigenvalue weighted by Crippen LogP contribution is 2.19. The van der Waals surface area contributed by atoms with Crippen molar-refractivity contribution in [2.45, 2.75) is 26.4 Å². The largest absolute Gasteiger partial charge is 0.376 e. The minimum atomic E-state index is 0.628. The van der Waals surface area contributed by atoms with Gasteiger partial charge in [-0.05, 0) is 56.0 Å². The van der Waals surface area contributed by atoms with E-state index in [4.69, 9.17) is 16.3 Å². The van der Waals surface area contributed by atoms with Crippen LogP contribution in [0.25, 0.3) is 0 Å². The zero-order valence-electron chi connectivity index (χ0n) is 10.3. The second-order valence-electron chi connectivity index (χ2n) is 4.80. The molecule has 0 amide bonds. The number of rotatable bonds is 4. The molecule has 0 saturated carbocycles. The van der Waals surface area contributed by atoms with Crippen LogP contribution in [0.5, 0.6) is 0 Å². The van der Waals surface area contributed by atoms with Crippen LogP contribution in [-0.2, 0) is 11.3 Å². The van der Waals surface area contributed by atoms with Gasteiger partial charge in [-0.3, -0.25) is 0 Å². The Morgan fingerprint density at radius 1 is 1.35 bits per heavy atom. The molecule has 1 saturated heterocycles. The van der Waals surface area contributed by atoms with Gasteiger partial charge in [0, 0.05) is 11.6 Å². The first-order chi connectivity index (χ1) is 8.25. The topological polar surface area (TPSA) is 21.3 Å². The Kier molecular flexibility index (Phi) is 4.84. The van der Waals surface area contributed by atoms with Gasteiger partial charge in [0.25, 0.3) is 0 Å². The van der Waals surface area contributed by atoms with Crippen molar-refractivity contribution in [1.29, 1.82) is 0 Å². The molecule has 2 rings (SSSR count). The predicted octanol–water partition coefficient (Wildman–Crippen LogP) is 3.16. The van der Waals surface area contributed by atoms with Crippen LogP contribution in [0.2, 0.25) is 5.02 Å². The maximum absolute atomic E-state index is 6.16. The van der Waals surface area contributed by atoms with Crippen molar-refractivity contribution in [2.24, 2.45) is 5.92 Å². The van der Waals surface area contributed by atoms with Gasteiger partial charge in [-0.2, -0.15) is 0 Å². The number of ether oxygens (including phenoxy) is 1. The molecule has 1 aliphatic heterocycles. The quantitative estimate of drug-likeness (QED) is 0.890. The summed E-state index contributed by atoms with van der Waals surface area (Å²) in [5, 5.41) is 4.18. The molecule has 1 fully saturated rings. The molecule has 0 aromatic heterocycles. The van der Waals surface area contributed by atoms with Crippen LogP contribution >= 0.6 is 11.6 Å². The van der Waals surface area contributed by atoms with E-state index in [1.807, 2.05) is 13.0 Å². The maximum Gasteiger partial charge on any atom is 0.0731 e. The Hall–Kier alpha value is -0.570. The minimum Gasteiger partial charge on any atom is -0.376 e. The molecule has 0 radical (unpaired) electrons. The van der Waals surface area contributed by atoms with E-state index >= 15 is 0 Å². The third-order valence-electron chi connectivity index (χ3n) is 3.28. The summed E-state index contributed by atoms with van der Waals surface area (Å²) in [6.45, 7) is 5.78. The van der Waals surface area contributed by atoms with Gasteiger partial charge < -0.3 is 10.1 Å². The van der Waals surface area contributed by atoms with E-state index in [1.54, 1.807) is 0 Å². The average Bonchev–Trinajstić information content (AvgIpc) is 2.33. The van der Waals surface area contributed by atoms with Crippen molar-refractivity contribution in [2.75, 3.05) is 19.7 Å². The molecule has 0 spiro atoms. The number of nitrogens with one attached hydrogen (secondary N) is 1. The van der Waals surface area contributed by atoms with E-state index < -0.39 is 0 Å². The maximum atomic E-state index is 6.16. The van der Waals surface area contributed by atoms with E-state index in [1.165, 1.54) is 18.4 Å². The van der Waals surface area contributed by atoms with Crippen LogP contribution in [0.3, 0.4) is 0 Å². The lowest BCUT2D eigenvalue weighted by Gasteiger charge is -2.22. The number of hydrogen-bond donors (Lipinski definition) is 1. The van der Waals surface area contributed by atoms with Crippen LogP contribution in [0, 0.1) is 12.8 Å². The van der Waals surface area contributed by atoms with Gasteiger partial charge in [-0.1, -0.05) is 23.7 Å². The van der Waals surface area contributed by atoms with Crippen molar-refractivity contribution in [3.63, 3.8) is 0 Å². The number of piperidine rings is 1. The Balaban J connectivity index is 1.77. The molecule has 0 atom stereocenters. The van der Waals surface area contributed by atoms with Crippen molar-refractivity contribution in [3.8, 4) is 0 Å². The summed E-state index contributed by atoms with van der Waals surface area (Å²) < 4.78 is 5.77. The molecule has 0 aliphatic carbocycles. The second-order valence-corrected chi connectivity index (χ2v) is 5.21. The molecule has 1 aliphatic rings. The predicted molar refractivity (Wildman–Crippen MR) is 71.4 cm³/mol. The molecule has 1 aromatic rings. The third kappa shape index (κ3) is 3.98. The minimum absolute atomic E-state index is 0.628.